The molecule has 3 rings (SSSR count). The van der Waals surface area contributed by atoms with Gasteiger partial charge >= 0.3 is 0 Å². The second-order valence-electron chi connectivity index (χ2n) is 30.2. The Morgan fingerprint density at radius 2 is 0.802 bits per heavy atom. The van der Waals surface area contributed by atoms with Crippen molar-refractivity contribution in [1.82, 2.24) is 73.4 Å². The van der Waals surface area contributed by atoms with Gasteiger partial charge < -0.3 is 114 Å². The van der Waals surface area contributed by atoms with Crippen molar-refractivity contribution in [3.05, 3.63) is 54.2 Å². The molecule has 0 saturated heterocycles. The molecule has 29 N–H and O–H groups in total. The van der Waals surface area contributed by atoms with E-state index < -0.39 is 161 Å². The Labute approximate surface area is 653 Å². The molecule has 0 aliphatic carbocycles. The molecule has 3 aromatic rings. The molecule has 0 fully saturated rings. The average molecular weight is 1560 g/mol. The Morgan fingerprint density at radius 3 is 1.25 bits per heavy atom. The summed E-state index contributed by atoms with van der Waals surface area (Å²) in [5, 5.41) is 31.6. The summed E-state index contributed by atoms with van der Waals surface area (Å²) in [4.78, 5) is 187. The number of nitrogens with one attached hydrogen (secondary N) is 13. The highest BCUT2D eigenvalue weighted by atomic mass is 16.2. The quantitative estimate of drug-likeness (QED) is 0.0187. The zero-order chi connectivity index (χ0) is 82.9. The van der Waals surface area contributed by atoms with Gasteiger partial charge in [-0.05, 0) is 164 Å². The molecule has 0 spiro atoms. The summed E-state index contributed by atoms with van der Waals surface area (Å²) in [6.45, 7) is 19.2. The van der Waals surface area contributed by atoms with Gasteiger partial charge in [-0.3, -0.25) is 62.5 Å². The smallest absolute Gasteiger partial charge is 0.243 e. The number of guanidine groups is 1. The van der Waals surface area contributed by atoms with Crippen LogP contribution >= 0.6 is 0 Å². The van der Waals surface area contributed by atoms with Gasteiger partial charge in [-0.25, -0.2) is 4.98 Å². The van der Waals surface area contributed by atoms with Gasteiger partial charge in [0.2, 0.25) is 70.9 Å². The topological polar surface area (TPSA) is 602 Å². The van der Waals surface area contributed by atoms with Crippen molar-refractivity contribution in [3.63, 3.8) is 0 Å². The van der Waals surface area contributed by atoms with Crippen LogP contribution in [0.5, 0.6) is 0 Å². The van der Waals surface area contributed by atoms with Crippen molar-refractivity contribution < 1.29 is 57.5 Å². The number of H-pyrrole nitrogens is 2. The lowest BCUT2D eigenvalue weighted by Gasteiger charge is -2.32. The van der Waals surface area contributed by atoms with Crippen LogP contribution in [0.2, 0.25) is 0 Å². The number of carbonyl (C=O) groups excluding carboxylic acids is 12. The number of carbonyl (C=O) groups is 12. The third-order valence-electron chi connectivity index (χ3n) is 19.5. The molecule has 111 heavy (non-hydrogen) atoms. The van der Waals surface area contributed by atoms with Gasteiger partial charge in [0, 0.05) is 48.4 Å². The number of nitrogens with two attached hydrogens (primary N) is 8. The van der Waals surface area contributed by atoms with E-state index in [0.29, 0.717) is 95.0 Å². The highest BCUT2D eigenvalue weighted by Crippen LogP contribution is 2.22. The van der Waals surface area contributed by atoms with E-state index in [1.54, 1.807) is 33.9 Å². The number of hydrogen-bond acceptors (Lipinski definition) is 19. The Kier molecular flexibility index (Phi) is 44.3. The first-order valence-electron chi connectivity index (χ1n) is 39.5. The van der Waals surface area contributed by atoms with Crippen LogP contribution < -0.4 is 104 Å². The molecule has 35 nitrogen and oxygen atoms in total. The van der Waals surface area contributed by atoms with Crippen molar-refractivity contribution in [2.24, 2.45) is 80.5 Å². The van der Waals surface area contributed by atoms with Crippen molar-refractivity contribution >= 4 is 87.7 Å². The van der Waals surface area contributed by atoms with Crippen molar-refractivity contribution in [3.8, 4) is 0 Å². The molecule has 0 bridgehead atoms. The third-order valence-corrected chi connectivity index (χ3v) is 19.5. The maximum atomic E-state index is 15.3. The normalized spacial score (nSPS) is 15.3. The zero-order valence-corrected chi connectivity index (χ0v) is 66.9. The molecule has 0 aliphatic heterocycles. The Bertz CT molecular complexity index is 3420. The summed E-state index contributed by atoms with van der Waals surface area (Å²) in [6, 6.07) is -7.66. The van der Waals surface area contributed by atoms with E-state index >= 15 is 14.4 Å². The van der Waals surface area contributed by atoms with E-state index in [2.05, 4.69) is 78.4 Å². The number of rotatable bonds is 56. The predicted molar refractivity (Wildman–Crippen MR) is 427 cm³/mol. The maximum Gasteiger partial charge on any atom is 0.243 e. The Hall–Kier alpha value is -9.32. The van der Waals surface area contributed by atoms with E-state index in [0.717, 1.165) is 10.9 Å². The van der Waals surface area contributed by atoms with Crippen molar-refractivity contribution in [2.45, 2.75) is 270 Å². The summed E-state index contributed by atoms with van der Waals surface area (Å²) < 4.78 is 0. The van der Waals surface area contributed by atoms with Crippen LogP contribution in [0.1, 0.15) is 196 Å². The third kappa shape index (κ3) is 34.5. The summed E-state index contributed by atoms with van der Waals surface area (Å²) in [5.74, 6) is -10.9. The molecule has 0 unspecified atom stereocenters. The van der Waals surface area contributed by atoms with Crippen molar-refractivity contribution in [1.29, 1.82) is 0 Å². The average Bonchev–Trinajstić information content (AvgIpc) is 1.81. The van der Waals surface area contributed by atoms with Crippen LogP contribution in [0.15, 0.2) is 48.0 Å². The largest absolute Gasteiger partial charge is 0.370 e. The SMILES string of the molecule is CC[C@H](C)[C@H](NC(=O)[C@H](CCCCN)NC(=O)[C@H](Cc1c[nH]c2ccccc12)NC(=O)[C@H](CCCCN)NC(=O)[C@H](CC(C)C)NC(=O)[C@H](Cc1cnc[nH]1)NC(=O)[C@H](CCCN=C(N)N)NC(=O)[C@@H](N)CCCCN)C(=O)N[C@H](C(=O)N[C@H](C(=O)N[C@@H](CCCCN)C(=O)N[C@@H](CC(C)C)C(N)=O)C(C)C)[C@@H](C)CC. The van der Waals surface area contributed by atoms with E-state index in [4.69, 9.17) is 45.9 Å². The molecular weight excluding hydrogens is 1430 g/mol. The number of amides is 12. The molecule has 12 amide bonds. The Morgan fingerprint density at radius 1 is 0.423 bits per heavy atom. The van der Waals surface area contributed by atoms with E-state index in [9.17, 15) is 43.2 Å². The van der Waals surface area contributed by atoms with Crippen molar-refractivity contribution in [2.75, 3.05) is 32.7 Å². The second-order valence-corrected chi connectivity index (χ2v) is 30.2. The summed E-state index contributed by atoms with van der Waals surface area (Å²) in [6.07, 6.45) is 9.70. The van der Waals surface area contributed by atoms with Gasteiger partial charge in [-0.1, -0.05) is 107 Å². The van der Waals surface area contributed by atoms with Gasteiger partial charge in [0.05, 0.1) is 12.4 Å². The molecule has 0 radical (unpaired) electrons. The minimum absolute atomic E-state index is 0.000248. The van der Waals surface area contributed by atoms with Gasteiger partial charge in [0.15, 0.2) is 5.96 Å². The number of aliphatic imine (C=N–C) groups is 1. The zero-order valence-electron chi connectivity index (χ0n) is 66.9. The summed E-state index contributed by atoms with van der Waals surface area (Å²) in [7, 11) is 0. The number of hydrogen-bond donors (Lipinski definition) is 21. The molecule has 0 aliphatic rings. The predicted octanol–water partition coefficient (Wildman–Crippen LogP) is -0.768. The fraction of sp³-hybridized carbons (Fsp3) is 0.684. The van der Waals surface area contributed by atoms with E-state index in [1.807, 2.05) is 65.8 Å². The molecule has 0 saturated carbocycles. The lowest BCUT2D eigenvalue weighted by molar-refractivity contribution is -0.137. The highest BCUT2D eigenvalue weighted by molar-refractivity contribution is 6.00. The number of unbranched alkanes of at least 4 members (excludes halogenated alkanes) is 4. The molecule has 35 heteroatoms. The fourth-order valence-corrected chi connectivity index (χ4v) is 12.5. The lowest BCUT2D eigenvalue weighted by Crippen LogP contribution is -2.62. The first-order chi connectivity index (χ1) is 52.7. The second kappa shape index (κ2) is 51.3. The highest BCUT2D eigenvalue weighted by Gasteiger charge is 2.40. The monoisotopic (exact) mass is 1560 g/mol. The van der Waals surface area contributed by atoms with Crippen LogP contribution in [0.25, 0.3) is 10.9 Å². The summed E-state index contributed by atoms with van der Waals surface area (Å²) in [5.41, 5.74) is 48.1. The first kappa shape index (κ1) is 95.9. The molecule has 624 valence electrons. The maximum absolute atomic E-state index is 15.3. The van der Waals surface area contributed by atoms with Crippen LogP contribution in [0.4, 0.5) is 0 Å². The van der Waals surface area contributed by atoms with Crippen LogP contribution in [-0.2, 0) is 70.4 Å². The molecular formula is C76H133N23O12. The molecule has 2 aromatic heterocycles. The van der Waals surface area contributed by atoms with Crippen LogP contribution in [-0.4, -0.2) is 197 Å². The van der Waals surface area contributed by atoms with Gasteiger partial charge in [-0.15, -0.1) is 0 Å². The van der Waals surface area contributed by atoms with E-state index in [-0.39, 0.29) is 95.2 Å². The number of nitrogens with zero attached hydrogens (tertiary/aromatic N) is 2. The molecule has 2 heterocycles. The lowest BCUT2D eigenvalue weighted by atomic mass is 9.93. The standard InChI is InChI=1S/C76H133N23O12/c1-11-46(9)62(75(111)99-63(47(10)12-2)74(110)97-61(45(7)8)73(109)92-54(28-17-21-33-79)66(102)93-57(64(82)100)36-43(3)4)98-69(105)55(29-18-22-34-80)91-71(107)59(38-48-40-87-52-26-14-13-24-50(48)52)95-67(103)53(27-16-20-32-78)90-70(106)58(37-44(5)6)94-72(108)60(39-49-41-85-42-88-49)96-68(104)56(30-23-35-86-76(83)84)89-65(101)51(81)25-15-19-31-77/h13-14,24,26,40-47,51,53-63,87H,11-12,15-23,25,27-39,77-81H2,1-10H3,(H2,82,100)(H,85,88)(H,89,101)(H,90,106)(H,91,107)(H,92,109)(H,93,102)(H,94,108)(H,95,103)(H,96,104)(H,97,110)(H,98,105)(H,99,111)(H4,83,84,86)/t46-,47-,51-,53-,54-,55-,56-,57-,58-,59-,60-,61-,62-,63-/m0/s1. The number of para-hydroxylation sites is 1. The number of aromatic amines is 2. The first-order valence-corrected chi connectivity index (χ1v) is 39.5. The van der Waals surface area contributed by atoms with Gasteiger partial charge in [0.1, 0.15) is 66.5 Å². The number of imidazole rings is 1. The number of benzene rings is 1. The van der Waals surface area contributed by atoms with Gasteiger partial charge in [0.25, 0.3) is 0 Å². The number of aromatic nitrogens is 3. The number of fused-ring (bicyclic) bond motifs is 1. The van der Waals surface area contributed by atoms with Gasteiger partial charge in [-0.2, -0.15) is 0 Å². The molecule has 14 atom stereocenters. The molecule has 1 aromatic carbocycles. The number of primary amides is 1. The minimum atomic E-state index is -1.44. The van der Waals surface area contributed by atoms with Crippen LogP contribution in [0, 0.1) is 29.6 Å². The Balaban J connectivity index is 2.05. The minimum Gasteiger partial charge on any atom is -0.370 e. The summed E-state index contributed by atoms with van der Waals surface area (Å²) >= 11 is 0. The van der Waals surface area contributed by atoms with Crippen LogP contribution in [0.3, 0.4) is 0 Å². The fourth-order valence-electron chi connectivity index (χ4n) is 12.5. The van der Waals surface area contributed by atoms with E-state index in [1.165, 1.54) is 12.5 Å².